The standard InChI is InChI=1S/C8H13NOS/c1-4-7(10)9-5-6-11-8(9,2)3/h4H,1,5-6H2,2-3H3. The highest BCUT2D eigenvalue weighted by atomic mass is 32.2. The van der Waals surface area contributed by atoms with Gasteiger partial charge in [-0.25, -0.2) is 0 Å². The second-order valence-corrected chi connectivity index (χ2v) is 4.69. The predicted molar refractivity (Wildman–Crippen MR) is 48.4 cm³/mol. The molecule has 0 N–H and O–H groups in total. The minimum absolute atomic E-state index is 0.0364. The Hall–Kier alpha value is -0.440. The maximum atomic E-state index is 11.2. The van der Waals surface area contributed by atoms with Crippen LogP contribution in [-0.2, 0) is 4.79 Å². The smallest absolute Gasteiger partial charge is 0.247 e. The highest BCUT2D eigenvalue weighted by Gasteiger charge is 2.34. The molecule has 1 amide bonds. The van der Waals surface area contributed by atoms with Crippen LogP contribution in [0.1, 0.15) is 13.8 Å². The van der Waals surface area contributed by atoms with E-state index in [4.69, 9.17) is 0 Å². The number of carbonyl (C=O) groups excluding carboxylic acids is 1. The van der Waals surface area contributed by atoms with Crippen LogP contribution in [0.5, 0.6) is 0 Å². The van der Waals surface area contributed by atoms with Gasteiger partial charge in [-0.3, -0.25) is 4.79 Å². The molecule has 1 aliphatic rings. The molecule has 0 aromatic heterocycles. The fourth-order valence-electron chi connectivity index (χ4n) is 1.22. The highest BCUT2D eigenvalue weighted by Crippen LogP contribution is 2.34. The van der Waals surface area contributed by atoms with Crippen LogP contribution in [-0.4, -0.2) is 28.0 Å². The zero-order chi connectivity index (χ0) is 8.48. The molecule has 0 spiro atoms. The molecular weight excluding hydrogens is 158 g/mol. The maximum absolute atomic E-state index is 11.2. The van der Waals surface area contributed by atoms with Crippen LogP contribution in [0.3, 0.4) is 0 Å². The van der Waals surface area contributed by atoms with E-state index in [2.05, 4.69) is 20.4 Å². The molecular formula is C8H13NOS. The molecule has 0 bridgehead atoms. The lowest BCUT2D eigenvalue weighted by molar-refractivity contribution is -0.127. The summed E-state index contributed by atoms with van der Waals surface area (Å²) in [6, 6.07) is 0. The van der Waals surface area contributed by atoms with Crippen molar-refractivity contribution < 1.29 is 4.79 Å². The summed E-state index contributed by atoms with van der Waals surface area (Å²) in [5, 5.41) is 0. The van der Waals surface area contributed by atoms with E-state index in [9.17, 15) is 4.79 Å². The quantitative estimate of drug-likeness (QED) is 0.557. The molecule has 1 fully saturated rings. The van der Waals surface area contributed by atoms with E-state index in [0.29, 0.717) is 0 Å². The lowest BCUT2D eigenvalue weighted by Crippen LogP contribution is -2.40. The Morgan fingerprint density at radius 3 is 2.73 bits per heavy atom. The van der Waals surface area contributed by atoms with Crippen molar-refractivity contribution in [2.24, 2.45) is 0 Å². The van der Waals surface area contributed by atoms with Gasteiger partial charge in [-0.15, -0.1) is 11.8 Å². The Kier molecular flexibility index (Phi) is 2.28. The molecule has 11 heavy (non-hydrogen) atoms. The second-order valence-electron chi connectivity index (χ2n) is 2.99. The van der Waals surface area contributed by atoms with Gasteiger partial charge >= 0.3 is 0 Å². The van der Waals surface area contributed by atoms with E-state index in [-0.39, 0.29) is 10.8 Å². The number of amides is 1. The first-order valence-electron chi connectivity index (χ1n) is 3.66. The van der Waals surface area contributed by atoms with Crippen LogP contribution in [0.15, 0.2) is 12.7 Å². The van der Waals surface area contributed by atoms with Gasteiger partial charge in [-0.1, -0.05) is 6.58 Å². The van der Waals surface area contributed by atoms with Gasteiger partial charge in [0, 0.05) is 12.3 Å². The summed E-state index contributed by atoms with van der Waals surface area (Å²) < 4.78 is 0. The maximum Gasteiger partial charge on any atom is 0.247 e. The average molecular weight is 171 g/mol. The van der Waals surface area contributed by atoms with Crippen molar-refractivity contribution in [1.29, 1.82) is 0 Å². The molecule has 0 aromatic rings. The number of rotatable bonds is 1. The van der Waals surface area contributed by atoms with Crippen LogP contribution in [0.25, 0.3) is 0 Å². The second kappa shape index (κ2) is 2.89. The fraction of sp³-hybridized carbons (Fsp3) is 0.625. The number of carbonyl (C=O) groups is 1. The molecule has 1 aliphatic heterocycles. The molecule has 0 aliphatic carbocycles. The third-order valence-electron chi connectivity index (χ3n) is 1.86. The summed E-state index contributed by atoms with van der Waals surface area (Å²) >= 11 is 1.81. The third-order valence-corrected chi connectivity index (χ3v) is 3.17. The summed E-state index contributed by atoms with van der Waals surface area (Å²) in [5.74, 6) is 1.08. The predicted octanol–water partition coefficient (Wildman–Crippen LogP) is 1.48. The zero-order valence-electron chi connectivity index (χ0n) is 6.96. The molecule has 0 atom stereocenters. The van der Waals surface area contributed by atoms with Crippen LogP contribution in [0, 0.1) is 0 Å². The first-order valence-corrected chi connectivity index (χ1v) is 4.64. The first kappa shape index (κ1) is 8.65. The number of hydrogen-bond donors (Lipinski definition) is 0. The van der Waals surface area contributed by atoms with E-state index in [1.54, 1.807) is 0 Å². The van der Waals surface area contributed by atoms with Gasteiger partial charge in [0.05, 0.1) is 4.87 Å². The summed E-state index contributed by atoms with van der Waals surface area (Å²) in [6.45, 7) is 8.44. The van der Waals surface area contributed by atoms with Gasteiger partial charge < -0.3 is 4.90 Å². The van der Waals surface area contributed by atoms with Crippen LogP contribution in [0.2, 0.25) is 0 Å². The summed E-state index contributed by atoms with van der Waals surface area (Å²) in [6.07, 6.45) is 1.38. The van der Waals surface area contributed by atoms with Crippen molar-refractivity contribution in [2.75, 3.05) is 12.3 Å². The van der Waals surface area contributed by atoms with Crippen molar-refractivity contribution in [3.63, 3.8) is 0 Å². The van der Waals surface area contributed by atoms with Crippen LogP contribution < -0.4 is 0 Å². The molecule has 1 heterocycles. The Morgan fingerprint density at radius 2 is 2.36 bits per heavy atom. The van der Waals surface area contributed by atoms with Crippen molar-refractivity contribution in [3.05, 3.63) is 12.7 Å². The van der Waals surface area contributed by atoms with Crippen molar-refractivity contribution in [3.8, 4) is 0 Å². The van der Waals surface area contributed by atoms with E-state index in [0.717, 1.165) is 12.3 Å². The Labute approximate surface area is 71.6 Å². The van der Waals surface area contributed by atoms with E-state index in [1.807, 2.05) is 16.7 Å². The summed E-state index contributed by atoms with van der Waals surface area (Å²) in [4.78, 5) is 13.0. The van der Waals surface area contributed by atoms with E-state index in [1.165, 1.54) is 6.08 Å². The van der Waals surface area contributed by atoms with Gasteiger partial charge in [-0.05, 0) is 19.9 Å². The highest BCUT2D eigenvalue weighted by molar-refractivity contribution is 8.00. The van der Waals surface area contributed by atoms with Crippen molar-refractivity contribution >= 4 is 17.7 Å². The van der Waals surface area contributed by atoms with Crippen LogP contribution in [0.4, 0.5) is 0 Å². The summed E-state index contributed by atoms with van der Waals surface area (Å²) in [7, 11) is 0. The van der Waals surface area contributed by atoms with E-state index < -0.39 is 0 Å². The Balaban J connectivity index is 2.72. The minimum atomic E-state index is -0.0364. The van der Waals surface area contributed by atoms with E-state index >= 15 is 0 Å². The average Bonchev–Trinajstić information content (AvgIpc) is 2.28. The lowest BCUT2D eigenvalue weighted by atomic mass is 10.3. The molecule has 2 nitrogen and oxygen atoms in total. The first-order chi connectivity index (χ1) is 5.08. The molecule has 0 saturated carbocycles. The molecule has 0 radical (unpaired) electrons. The molecule has 0 aromatic carbocycles. The van der Waals surface area contributed by atoms with Crippen molar-refractivity contribution in [1.82, 2.24) is 4.90 Å². The van der Waals surface area contributed by atoms with Crippen molar-refractivity contribution in [2.45, 2.75) is 18.7 Å². The monoisotopic (exact) mass is 171 g/mol. The molecule has 0 unspecified atom stereocenters. The fourth-order valence-corrected chi connectivity index (χ4v) is 2.33. The number of nitrogens with zero attached hydrogens (tertiary/aromatic N) is 1. The Morgan fingerprint density at radius 1 is 1.73 bits per heavy atom. The zero-order valence-corrected chi connectivity index (χ0v) is 7.78. The SMILES string of the molecule is C=CC(=O)N1CCSC1(C)C. The minimum Gasteiger partial charge on any atom is -0.324 e. The molecule has 62 valence electrons. The number of thioether (sulfide) groups is 1. The van der Waals surface area contributed by atoms with Crippen LogP contribution >= 0.6 is 11.8 Å². The van der Waals surface area contributed by atoms with Gasteiger partial charge in [0.15, 0.2) is 0 Å². The van der Waals surface area contributed by atoms with Gasteiger partial charge in [0.25, 0.3) is 0 Å². The van der Waals surface area contributed by atoms with Gasteiger partial charge in [0.2, 0.25) is 5.91 Å². The molecule has 1 rings (SSSR count). The molecule has 1 saturated heterocycles. The lowest BCUT2D eigenvalue weighted by Gasteiger charge is -2.29. The normalized spacial score (nSPS) is 21.8. The summed E-state index contributed by atoms with van der Waals surface area (Å²) in [5.41, 5.74) is 0. The Bertz CT molecular complexity index is 189. The number of hydrogen-bond acceptors (Lipinski definition) is 2. The van der Waals surface area contributed by atoms with Gasteiger partial charge in [-0.2, -0.15) is 0 Å². The molecule has 3 heteroatoms. The largest absolute Gasteiger partial charge is 0.324 e. The topological polar surface area (TPSA) is 20.3 Å². The third kappa shape index (κ3) is 1.59. The van der Waals surface area contributed by atoms with Gasteiger partial charge in [0.1, 0.15) is 0 Å².